The monoisotopic (exact) mass is 507 g/mol. The predicted octanol–water partition coefficient (Wildman–Crippen LogP) is 2.32. The fourth-order valence-corrected chi connectivity index (χ4v) is 6.15. The molecule has 1 saturated carbocycles. The molecule has 3 aliphatic carbocycles. The lowest BCUT2D eigenvalue weighted by molar-refractivity contribution is -0.147. The summed E-state index contributed by atoms with van der Waals surface area (Å²) in [6.07, 6.45) is -0.111. The molecule has 0 aliphatic heterocycles. The van der Waals surface area contributed by atoms with E-state index in [0.717, 1.165) is 0 Å². The quantitative estimate of drug-likeness (QED) is 0.229. The molecule has 0 aromatic heterocycles. The maximum atomic E-state index is 13.4. The Balaban J connectivity index is 1.79. The number of hydrogen-bond donors (Lipinski definition) is 5. The minimum atomic E-state index is -2.61. The molecule has 1 aromatic carbocycles. The summed E-state index contributed by atoms with van der Waals surface area (Å²) in [6.45, 7) is 2.01. The first kappa shape index (κ1) is 24.3. The van der Waals surface area contributed by atoms with Gasteiger partial charge in [0, 0.05) is 17.9 Å². The van der Waals surface area contributed by atoms with Gasteiger partial charge in [-0.25, -0.2) is 0 Å². The summed E-state index contributed by atoms with van der Waals surface area (Å²) in [7, 11) is 0. The number of nitrogens with two attached hydrogens (primary N) is 1. The number of carbonyl (C=O) groups excluding carboxylic acids is 4. The van der Waals surface area contributed by atoms with Crippen molar-refractivity contribution in [2.45, 2.75) is 36.7 Å². The van der Waals surface area contributed by atoms with E-state index < -0.39 is 62.2 Å². The third-order valence-corrected chi connectivity index (χ3v) is 8.00. The first-order valence-corrected chi connectivity index (χ1v) is 11.9. The lowest BCUT2D eigenvalue weighted by atomic mass is 9.59. The Kier molecular flexibility index (Phi) is 6.27. The number of amides is 1. The van der Waals surface area contributed by atoms with Gasteiger partial charge in [-0.2, -0.15) is 0 Å². The van der Waals surface area contributed by atoms with Crippen molar-refractivity contribution in [3.8, 4) is 5.75 Å². The van der Waals surface area contributed by atoms with E-state index >= 15 is 0 Å². The van der Waals surface area contributed by atoms with E-state index in [4.69, 9.17) is 9.92 Å². The van der Waals surface area contributed by atoms with Gasteiger partial charge in [0.15, 0.2) is 11.4 Å². The molecule has 180 valence electrons. The van der Waals surface area contributed by atoms with Gasteiger partial charge in [-0.1, -0.05) is 6.07 Å². The van der Waals surface area contributed by atoms with Gasteiger partial charge < -0.3 is 30.3 Å². The Morgan fingerprint density at radius 3 is 2.56 bits per heavy atom. The molecular weight excluding hydrogens is 486 g/mol. The highest BCUT2D eigenvalue weighted by Gasteiger charge is 2.60. The average Bonchev–Trinajstić information content (AvgIpc) is 2.76. The van der Waals surface area contributed by atoms with Crippen LogP contribution in [0.2, 0.25) is 0 Å². The zero-order valence-corrected chi connectivity index (χ0v) is 19.5. The van der Waals surface area contributed by atoms with Gasteiger partial charge in [-0.3, -0.25) is 19.2 Å². The summed E-state index contributed by atoms with van der Waals surface area (Å²) >= 11 is 1.29. The summed E-state index contributed by atoms with van der Waals surface area (Å²) in [5, 5.41) is 43.6. The van der Waals surface area contributed by atoms with E-state index in [0.29, 0.717) is 36.0 Å². The smallest absolute Gasteiger partial charge is 0.277 e. The highest BCUT2D eigenvalue weighted by molar-refractivity contribution is 8.36. The molecule has 4 rings (SSSR count). The summed E-state index contributed by atoms with van der Waals surface area (Å²) in [4.78, 5) is 49.6. The highest BCUT2D eigenvalue weighted by Crippen LogP contribution is 2.52. The van der Waals surface area contributed by atoms with Crippen LogP contribution in [-0.2, 0) is 25.0 Å². The van der Waals surface area contributed by atoms with Crippen molar-refractivity contribution in [2.75, 3.05) is 6.61 Å². The number of carbonyl (C=O) groups is 4. The van der Waals surface area contributed by atoms with Gasteiger partial charge in [0.1, 0.15) is 22.8 Å². The number of Topliss-reactive ketones (excluding diaryl/α,β-unsaturated/α-hetero) is 2. The molecule has 34 heavy (non-hydrogen) atoms. The van der Waals surface area contributed by atoms with E-state index in [-0.39, 0.29) is 35.3 Å². The largest absolute Gasteiger partial charge is 0.508 e. The molecule has 0 spiro atoms. The van der Waals surface area contributed by atoms with Crippen molar-refractivity contribution in [2.24, 2.45) is 17.6 Å². The number of phenols is 1. The van der Waals surface area contributed by atoms with Gasteiger partial charge in [0.05, 0.1) is 29.1 Å². The molecule has 0 bridgehead atoms. The number of hydrogen-bond acceptors (Lipinski definition) is 11. The molecule has 2 unspecified atom stereocenters. The molecule has 10 nitrogen and oxygen atoms in total. The Bertz CT molecular complexity index is 1210. The predicted molar refractivity (Wildman–Crippen MR) is 122 cm³/mol. The first-order chi connectivity index (χ1) is 16.0. The molecule has 0 saturated heterocycles. The number of rotatable bonds is 4. The topological polar surface area (TPSA) is 184 Å². The first-order valence-electron chi connectivity index (χ1n) is 10.4. The summed E-state index contributed by atoms with van der Waals surface area (Å²) in [5.74, 6) is -6.87. The third-order valence-electron chi connectivity index (χ3n) is 6.34. The number of benzene rings is 1. The van der Waals surface area contributed by atoms with Gasteiger partial charge in [0.2, 0.25) is 5.78 Å². The fraction of sp³-hybridized carbons (Fsp3) is 0.364. The SMILES string of the molecule is CCOSC(=O)Sc1ccc2c(c1O)C(O)=C1C(=O)[C@]3(O)C(O)=C(C(N)=O)C(=O)CC3CC1C2. The molecule has 6 N–H and O–H groups in total. The van der Waals surface area contributed by atoms with Crippen LogP contribution in [0.25, 0.3) is 5.76 Å². The van der Waals surface area contributed by atoms with E-state index in [1.807, 2.05) is 0 Å². The van der Waals surface area contributed by atoms with Gasteiger partial charge in [0.25, 0.3) is 10.4 Å². The zero-order chi connectivity index (χ0) is 24.9. The van der Waals surface area contributed by atoms with Crippen LogP contribution in [0.5, 0.6) is 5.75 Å². The van der Waals surface area contributed by atoms with Gasteiger partial charge in [-0.15, -0.1) is 0 Å². The van der Waals surface area contributed by atoms with Crippen molar-refractivity contribution in [3.63, 3.8) is 0 Å². The molecular formula is C22H21NO9S2. The van der Waals surface area contributed by atoms with Crippen LogP contribution in [-0.4, -0.2) is 54.6 Å². The second kappa shape index (κ2) is 8.77. The molecule has 0 heterocycles. The van der Waals surface area contributed by atoms with Crippen LogP contribution in [0.15, 0.2) is 33.9 Å². The number of phenolic OH excluding ortho intramolecular Hbond substituents is 1. The number of primary amides is 1. The third kappa shape index (κ3) is 3.61. The number of aliphatic hydroxyl groups excluding tert-OH is 2. The normalized spacial score (nSPS) is 26.2. The Labute approximate surface area is 202 Å². The number of fused-ring (bicyclic) bond motifs is 3. The van der Waals surface area contributed by atoms with Gasteiger partial charge >= 0.3 is 0 Å². The van der Waals surface area contributed by atoms with Crippen LogP contribution >= 0.6 is 23.8 Å². The summed E-state index contributed by atoms with van der Waals surface area (Å²) < 4.78 is 4.53. The number of aromatic hydroxyl groups is 1. The Hall–Kier alpha value is -2.80. The average molecular weight is 508 g/mol. The fourth-order valence-electron chi connectivity index (χ4n) is 4.87. The van der Waals surface area contributed by atoms with Crippen molar-refractivity contribution >= 4 is 51.5 Å². The van der Waals surface area contributed by atoms with Crippen molar-refractivity contribution in [1.29, 1.82) is 0 Å². The molecule has 12 heteroatoms. The second-order valence-electron chi connectivity index (χ2n) is 8.19. The number of thioether (sulfide) groups is 1. The lowest BCUT2D eigenvalue weighted by Gasteiger charge is -2.46. The maximum absolute atomic E-state index is 13.4. The van der Waals surface area contributed by atoms with E-state index in [2.05, 4.69) is 0 Å². The Morgan fingerprint density at radius 2 is 1.91 bits per heavy atom. The van der Waals surface area contributed by atoms with Crippen LogP contribution in [0.4, 0.5) is 4.79 Å². The van der Waals surface area contributed by atoms with Crippen LogP contribution < -0.4 is 5.73 Å². The summed E-state index contributed by atoms with van der Waals surface area (Å²) in [6, 6.07) is 3.13. The highest BCUT2D eigenvalue weighted by atomic mass is 32.2. The molecule has 1 amide bonds. The van der Waals surface area contributed by atoms with Crippen LogP contribution in [0.3, 0.4) is 0 Å². The van der Waals surface area contributed by atoms with Crippen molar-refractivity contribution in [1.82, 2.24) is 0 Å². The second-order valence-corrected chi connectivity index (χ2v) is 10.2. The van der Waals surface area contributed by atoms with E-state index in [1.165, 1.54) is 6.07 Å². The molecule has 3 aliphatic rings. The standard InChI is InChI=1S/C22H21NO9S2/c1-2-32-34-21(30)33-12-4-3-8-5-9-6-10-7-11(24)15(20(23)29)19(28)22(10,31)18(27)14(9)17(26)13(8)16(12)25/h3-4,9-10,25-26,28,31H,2,5-7H2,1H3,(H2,23,29)/t9?,10?,22-/m0/s1. The minimum absolute atomic E-state index is 0.0592. The van der Waals surface area contributed by atoms with E-state index in [1.54, 1.807) is 13.0 Å². The zero-order valence-electron chi connectivity index (χ0n) is 17.9. The van der Waals surface area contributed by atoms with Crippen LogP contribution in [0, 0.1) is 11.8 Å². The molecule has 1 fully saturated rings. The lowest BCUT2D eigenvalue weighted by Crippen LogP contribution is -2.58. The molecule has 3 atom stereocenters. The van der Waals surface area contributed by atoms with E-state index in [9.17, 15) is 39.6 Å². The van der Waals surface area contributed by atoms with Crippen molar-refractivity contribution < 1.29 is 43.8 Å². The molecule has 0 radical (unpaired) electrons. The number of ketones is 2. The summed E-state index contributed by atoms with van der Waals surface area (Å²) in [5.41, 5.74) is 1.93. The molecule has 1 aromatic rings. The van der Waals surface area contributed by atoms with Crippen molar-refractivity contribution in [3.05, 3.63) is 40.2 Å². The maximum Gasteiger partial charge on any atom is 0.277 e. The minimum Gasteiger partial charge on any atom is -0.508 e. The van der Waals surface area contributed by atoms with Gasteiger partial charge in [-0.05, 0) is 49.1 Å². The number of aliphatic hydroxyl groups is 3. The Morgan fingerprint density at radius 1 is 1.21 bits per heavy atom. The van der Waals surface area contributed by atoms with Crippen LogP contribution in [0.1, 0.15) is 30.9 Å².